The molecule has 1 amide bonds. The minimum Gasteiger partial charge on any atom is -0.507 e. The van der Waals surface area contributed by atoms with Gasteiger partial charge in [-0.3, -0.25) is 4.79 Å². The SMILES string of the molecule is O=C(O)c1ccc(NC(=O)c2cc(C3CCCCC3)ccc2O)c(Cl)c1. The molecule has 0 unspecified atom stereocenters. The Bertz CT molecular complexity index is 844. The lowest BCUT2D eigenvalue weighted by atomic mass is 9.83. The number of carboxylic acid groups (broad SMARTS) is 1. The van der Waals surface area contributed by atoms with E-state index in [1.165, 1.54) is 37.5 Å². The van der Waals surface area contributed by atoms with Crippen LogP contribution in [0.5, 0.6) is 5.75 Å². The summed E-state index contributed by atoms with van der Waals surface area (Å²) in [5.74, 6) is -1.26. The molecule has 136 valence electrons. The fraction of sp³-hybridized carbons (Fsp3) is 0.300. The Balaban J connectivity index is 1.82. The van der Waals surface area contributed by atoms with E-state index in [0.29, 0.717) is 11.6 Å². The maximum atomic E-state index is 12.6. The predicted molar refractivity (Wildman–Crippen MR) is 100 cm³/mol. The van der Waals surface area contributed by atoms with Crippen LogP contribution in [0.2, 0.25) is 5.02 Å². The number of hydrogen-bond donors (Lipinski definition) is 3. The van der Waals surface area contributed by atoms with E-state index in [1.54, 1.807) is 12.1 Å². The zero-order valence-corrected chi connectivity index (χ0v) is 14.9. The Kier molecular flexibility index (Phi) is 5.47. The van der Waals surface area contributed by atoms with E-state index in [2.05, 4.69) is 5.32 Å². The highest BCUT2D eigenvalue weighted by Gasteiger charge is 2.20. The summed E-state index contributed by atoms with van der Waals surface area (Å²) in [6.07, 6.45) is 5.78. The molecule has 5 nitrogen and oxygen atoms in total. The van der Waals surface area contributed by atoms with Crippen molar-refractivity contribution in [3.63, 3.8) is 0 Å². The molecule has 1 fully saturated rings. The molecule has 2 aromatic rings. The number of phenolic OH excluding ortho intramolecular Hbond substituents is 1. The number of phenols is 1. The van der Waals surface area contributed by atoms with E-state index in [4.69, 9.17) is 16.7 Å². The summed E-state index contributed by atoms with van der Waals surface area (Å²) in [5, 5.41) is 21.8. The monoisotopic (exact) mass is 373 g/mol. The zero-order valence-electron chi connectivity index (χ0n) is 14.2. The first-order valence-corrected chi connectivity index (χ1v) is 9.00. The number of anilines is 1. The molecule has 0 radical (unpaired) electrons. The van der Waals surface area contributed by atoms with Gasteiger partial charge in [0.1, 0.15) is 5.75 Å². The zero-order chi connectivity index (χ0) is 18.7. The van der Waals surface area contributed by atoms with Gasteiger partial charge >= 0.3 is 5.97 Å². The van der Waals surface area contributed by atoms with E-state index in [1.807, 2.05) is 6.07 Å². The third-order valence-corrected chi connectivity index (χ3v) is 5.12. The number of amides is 1. The van der Waals surface area contributed by atoms with Crippen LogP contribution >= 0.6 is 11.6 Å². The third kappa shape index (κ3) is 3.99. The Morgan fingerprint density at radius 1 is 1.04 bits per heavy atom. The summed E-state index contributed by atoms with van der Waals surface area (Å²) in [5.41, 5.74) is 1.57. The molecule has 26 heavy (non-hydrogen) atoms. The van der Waals surface area contributed by atoms with Gasteiger partial charge in [-0.25, -0.2) is 4.79 Å². The van der Waals surface area contributed by atoms with E-state index in [-0.39, 0.29) is 21.9 Å². The van der Waals surface area contributed by atoms with Gasteiger partial charge in [-0.1, -0.05) is 36.9 Å². The van der Waals surface area contributed by atoms with Crippen molar-refractivity contribution in [3.05, 3.63) is 58.1 Å². The topological polar surface area (TPSA) is 86.6 Å². The number of benzene rings is 2. The van der Waals surface area contributed by atoms with Crippen LogP contribution in [-0.4, -0.2) is 22.1 Å². The predicted octanol–water partition coefficient (Wildman–Crippen LogP) is 5.04. The highest BCUT2D eigenvalue weighted by atomic mass is 35.5. The molecule has 0 heterocycles. The highest BCUT2D eigenvalue weighted by molar-refractivity contribution is 6.34. The van der Waals surface area contributed by atoms with Gasteiger partial charge < -0.3 is 15.5 Å². The number of aromatic hydroxyl groups is 1. The number of hydrogen-bond acceptors (Lipinski definition) is 3. The number of rotatable bonds is 4. The van der Waals surface area contributed by atoms with Gasteiger partial charge in [-0.05, 0) is 54.7 Å². The van der Waals surface area contributed by atoms with Crippen molar-refractivity contribution in [2.45, 2.75) is 38.0 Å². The number of halogens is 1. The quantitative estimate of drug-likeness (QED) is 0.700. The van der Waals surface area contributed by atoms with Gasteiger partial charge in [0.25, 0.3) is 5.91 Å². The van der Waals surface area contributed by atoms with Gasteiger partial charge in [0.2, 0.25) is 0 Å². The van der Waals surface area contributed by atoms with Crippen LogP contribution in [0.25, 0.3) is 0 Å². The Labute approximate surface area is 156 Å². The average Bonchev–Trinajstić information content (AvgIpc) is 2.64. The second kappa shape index (κ2) is 7.79. The molecule has 6 heteroatoms. The first-order chi connectivity index (χ1) is 12.5. The summed E-state index contributed by atoms with van der Waals surface area (Å²) in [7, 11) is 0. The van der Waals surface area contributed by atoms with E-state index >= 15 is 0 Å². The lowest BCUT2D eigenvalue weighted by molar-refractivity contribution is 0.0696. The second-order valence-electron chi connectivity index (χ2n) is 6.57. The van der Waals surface area contributed by atoms with Crippen LogP contribution < -0.4 is 5.32 Å². The van der Waals surface area contributed by atoms with Crippen LogP contribution in [0.15, 0.2) is 36.4 Å². The van der Waals surface area contributed by atoms with Crippen molar-refractivity contribution in [1.82, 2.24) is 0 Å². The molecular formula is C20H20ClNO4. The molecule has 0 bridgehead atoms. The van der Waals surface area contributed by atoms with Gasteiger partial charge in [0, 0.05) is 0 Å². The van der Waals surface area contributed by atoms with Crippen LogP contribution in [0.3, 0.4) is 0 Å². The van der Waals surface area contributed by atoms with Crippen LogP contribution in [0.1, 0.15) is 64.3 Å². The molecule has 1 saturated carbocycles. The Morgan fingerprint density at radius 2 is 1.77 bits per heavy atom. The molecular weight excluding hydrogens is 354 g/mol. The number of aromatic carboxylic acids is 1. The maximum Gasteiger partial charge on any atom is 0.335 e. The first kappa shape index (κ1) is 18.3. The molecule has 0 aromatic heterocycles. The fourth-order valence-electron chi connectivity index (χ4n) is 3.36. The lowest BCUT2D eigenvalue weighted by Gasteiger charge is -2.22. The van der Waals surface area contributed by atoms with Crippen molar-refractivity contribution in [3.8, 4) is 5.75 Å². The van der Waals surface area contributed by atoms with Crippen molar-refractivity contribution in [1.29, 1.82) is 0 Å². The minimum absolute atomic E-state index is 0.0372. The molecule has 0 saturated heterocycles. The Morgan fingerprint density at radius 3 is 2.42 bits per heavy atom. The number of nitrogens with one attached hydrogen (secondary N) is 1. The van der Waals surface area contributed by atoms with Crippen LogP contribution in [0, 0.1) is 0 Å². The summed E-state index contributed by atoms with van der Waals surface area (Å²) in [4.78, 5) is 23.6. The van der Waals surface area contributed by atoms with Gasteiger partial charge in [-0.2, -0.15) is 0 Å². The normalized spacial score (nSPS) is 14.8. The maximum absolute atomic E-state index is 12.6. The third-order valence-electron chi connectivity index (χ3n) is 4.81. The molecule has 0 atom stereocenters. The molecule has 0 aliphatic heterocycles. The van der Waals surface area contributed by atoms with Crippen molar-refractivity contribution in [2.24, 2.45) is 0 Å². The highest BCUT2D eigenvalue weighted by Crippen LogP contribution is 2.35. The van der Waals surface area contributed by atoms with Crippen molar-refractivity contribution < 1.29 is 19.8 Å². The van der Waals surface area contributed by atoms with E-state index in [0.717, 1.165) is 18.4 Å². The van der Waals surface area contributed by atoms with Crippen LogP contribution in [-0.2, 0) is 0 Å². The molecule has 0 spiro atoms. The molecule has 2 aromatic carbocycles. The van der Waals surface area contributed by atoms with Gasteiger partial charge in [-0.15, -0.1) is 0 Å². The minimum atomic E-state index is -1.09. The second-order valence-corrected chi connectivity index (χ2v) is 6.97. The summed E-state index contributed by atoms with van der Waals surface area (Å²) >= 11 is 6.06. The standard InChI is InChI=1S/C20H20ClNO4/c21-16-11-14(20(25)26)6-8-17(16)22-19(24)15-10-13(7-9-18(15)23)12-4-2-1-3-5-12/h6-12,23H,1-5H2,(H,22,24)(H,25,26). The number of carbonyl (C=O) groups excluding carboxylic acids is 1. The number of carbonyl (C=O) groups is 2. The molecule has 3 N–H and O–H groups in total. The van der Waals surface area contributed by atoms with E-state index in [9.17, 15) is 14.7 Å². The van der Waals surface area contributed by atoms with Crippen molar-refractivity contribution >= 4 is 29.2 Å². The summed E-state index contributed by atoms with van der Waals surface area (Å²) in [6.45, 7) is 0. The van der Waals surface area contributed by atoms with Gasteiger partial charge in [0.05, 0.1) is 21.8 Å². The van der Waals surface area contributed by atoms with Crippen LogP contribution in [0.4, 0.5) is 5.69 Å². The van der Waals surface area contributed by atoms with Crippen molar-refractivity contribution in [2.75, 3.05) is 5.32 Å². The van der Waals surface area contributed by atoms with E-state index < -0.39 is 11.9 Å². The molecule has 1 aliphatic carbocycles. The summed E-state index contributed by atoms with van der Waals surface area (Å²) in [6, 6.07) is 9.23. The van der Waals surface area contributed by atoms with Gasteiger partial charge in [0.15, 0.2) is 0 Å². The molecule has 1 aliphatic rings. The Hall–Kier alpha value is -2.53. The fourth-order valence-corrected chi connectivity index (χ4v) is 3.59. The smallest absolute Gasteiger partial charge is 0.335 e. The average molecular weight is 374 g/mol. The number of carboxylic acids is 1. The summed E-state index contributed by atoms with van der Waals surface area (Å²) < 4.78 is 0. The largest absolute Gasteiger partial charge is 0.507 e. The molecule has 3 rings (SSSR count). The first-order valence-electron chi connectivity index (χ1n) is 8.63. The lowest BCUT2D eigenvalue weighted by Crippen LogP contribution is -2.14.